The van der Waals surface area contributed by atoms with Crippen LogP contribution in [0.25, 0.3) is 0 Å². The SMILES string of the molecule is COC(=O)C1=C([N+](=O)[O-])CCC=C1CCBr. The molecule has 0 bridgehead atoms. The van der Waals surface area contributed by atoms with Crippen LogP contribution in [-0.2, 0) is 9.53 Å². The molecule has 88 valence electrons. The van der Waals surface area contributed by atoms with Crippen LogP contribution in [0.15, 0.2) is 22.9 Å². The second kappa shape index (κ2) is 5.79. The van der Waals surface area contributed by atoms with Crippen molar-refractivity contribution in [3.05, 3.63) is 33.0 Å². The minimum absolute atomic E-state index is 0.0368. The zero-order valence-electron chi connectivity index (χ0n) is 8.86. The average Bonchev–Trinajstić information content (AvgIpc) is 2.28. The molecule has 0 radical (unpaired) electrons. The fraction of sp³-hybridized carbons (Fsp3) is 0.500. The van der Waals surface area contributed by atoms with E-state index in [4.69, 9.17) is 0 Å². The number of allylic oxidation sites excluding steroid dienone is 2. The quantitative estimate of drug-likeness (QED) is 0.344. The molecule has 0 aromatic carbocycles. The summed E-state index contributed by atoms with van der Waals surface area (Å²) in [6.45, 7) is 0. The number of halogens is 1. The topological polar surface area (TPSA) is 69.4 Å². The monoisotopic (exact) mass is 289 g/mol. The molecule has 1 aliphatic carbocycles. The summed E-state index contributed by atoms with van der Waals surface area (Å²) >= 11 is 3.26. The highest BCUT2D eigenvalue weighted by Gasteiger charge is 2.30. The Kier molecular flexibility index (Phi) is 4.67. The number of methoxy groups -OCH3 is 1. The Labute approximate surface area is 101 Å². The van der Waals surface area contributed by atoms with Gasteiger partial charge in [-0.2, -0.15) is 0 Å². The molecule has 16 heavy (non-hydrogen) atoms. The number of rotatable bonds is 4. The molecule has 0 aromatic rings. The van der Waals surface area contributed by atoms with Crippen molar-refractivity contribution in [2.24, 2.45) is 0 Å². The standard InChI is InChI=1S/C10H12BrNO4/c1-16-10(13)9-7(5-6-11)3-2-4-8(9)12(14)15/h3H,2,4-6H2,1H3. The highest BCUT2D eigenvalue weighted by molar-refractivity contribution is 9.09. The van der Waals surface area contributed by atoms with Gasteiger partial charge in [0.05, 0.1) is 12.0 Å². The number of carbonyl (C=O) groups is 1. The van der Waals surface area contributed by atoms with Crippen molar-refractivity contribution in [1.82, 2.24) is 0 Å². The summed E-state index contributed by atoms with van der Waals surface area (Å²) in [6, 6.07) is 0. The third-order valence-electron chi connectivity index (χ3n) is 2.36. The van der Waals surface area contributed by atoms with Gasteiger partial charge >= 0.3 is 5.97 Å². The predicted molar refractivity (Wildman–Crippen MR) is 61.8 cm³/mol. The molecule has 0 heterocycles. The molecule has 0 saturated heterocycles. The molecule has 5 nitrogen and oxygen atoms in total. The molecule has 0 spiro atoms. The Bertz CT molecular complexity index is 373. The van der Waals surface area contributed by atoms with Crippen LogP contribution in [-0.4, -0.2) is 23.3 Å². The molecule has 1 rings (SSSR count). The third kappa shape index (κ3) is 2.69. The first-order chi connectivity index (χ1) is 7.61. The Balaban J connectivity index is 3.16. The Morgan fingerprint density at radius 2 is 2.38 bits per heavy atom. The van der Waals surface area contributed by atoms with Crippen molar-refractivity contribution in [1.29, 1.82) is 0 Å². The summed E-state index contributed by atoms with van der Waals surface area (Å²) in [7, 11) is 1.23. The Morgan fingerprint density at radius 1 is 1.69 bits per heavy atom. The van der Waals surface area contributed by atoms with Crippen LogP contribution in [0.5, 0.6) is 0 Å². The molecule has 0 N–H and O–H groups in total. The van der Waals surface area contributed by atoms with Gasteiger partial charge in [0.15, 0.2) is 0 Å². The van der Waals surface area contributed by atoms with Crippen LogP contribution in [0.4, 0.5) is 0 Å². The van der Waals surface area contributed by atoms with E-state index in [1.54, 1.807) is 0 Å². The molecule has 0 unspecified atom stereocenters. The number of nitro groups is 1. The van der Waals surface area contributed by atoms with Crippen molar-refractivity contribution in [2.75, 3.05) is 12.4 Å². The number of carbonyl (C=O) groups excluding carboxylic acids is 1. The van der Waals surface area contributed by atoms with Crippen LogP contribution in [0.2, 0.25) is 0 Å². The van der Waals surface area contributed by atoms with Gasteiger partial charge in [0.1, 0.15) is 5.57 Å². The number of hydrogen-bond acceptors (Lipinski definition) is 4. The number of alkyl halides is 1. The summed E-state index contributed by atoms with van der Waals surface area (Å²) in [5.41, 5.74) is 0.783. The van der Waals surface area contributed by atoms with E-state index in [1.165, 1.54) is 7.11 Å². The number of esters is 1. The summed E-state index contributed by atoms with van der Waals surface area (Å²) in [4.78, 5) is 21.9. The molecule has 0 fully saturated rings. The smallest absolute Gasteiger partial charge is 0.344 e. The Hall–Kier alpha value is -1.17. The molecular weight excluding hydrogens is 278 g/mol. The van der Waals surface area contributed by atoms with E-state index < -0.39 is 10.9 Å². The first-order valence-corrected chi connectivity index (χ1v) is 5.95. The first kappa shape index (κ1) is 12.9. The van der Waals surface area contributed by atoms with Crippen LogP contribution in [0.1, 0.15) is 19.3 Å². The molecule has 1 aliphatic rings. The van der Waals surface area contributed by atoms with Gasteiger partial charge < -0.3 is 4.74 Å². The van der Waals surface area contributed by atoms with E-state index in [9.17, 15) is 14.9 Å². The largest absolute Gasteiger partial charge is 0.465 e. The van der Waals surface area contributed by atoms with Crippen molar-refractivity contribution < 1.29 is 14.5 Å². The second-order valence-electron chi connectivity index (χ2n) is 3.28. The number of nitrogens with zero attached hydrogens (tertiary/aromatic N) is 1. The average molecular weight is 290 g/mol. The Morgan fingerprint density at radius 3 is 2.88 bits per heavy atom. The van der Waals surface area contributed by atoms with Crippen molar-refractivity contribution >= 4 is 21.9 Å². The minimum atomic E-state index is -0.626. The van der Waals surface area contributed by atoms with Crippen molar-refractivity contribution in [3.63, 3.8) is 0 Å². The van der Waals surface area contributed by atoms with E-state index in [0.717, 1.165) is 0 Å². The predicted octanol–water partition coefficient (Wildman–Crippen LogP) is 2.20. The number of hydrogen-bond donors (Lipinski definition) is 0. The van der Waals surface area contributed by atoms with Gasteiger partial charge in [0.2, 0.25) is 0 Å². The maximum Gasteiger partial charge on any atom is 0.344 e. The van der Waals surface area contributed by atoms with Crippen molar-refractivity contribution in [2.45, 2.75) is 19.3 Å². The lowest BCUT2D eigenvalue weighted by molar-refractivity contribution is -0.429. The summed E-state index contributed by atoms with van der Waals surface area (Å²) in [6.07, 6.45) is 3.32. The third-order valence-corrected chi connectivity index (χ3v) is 2.75. The maximum atomic E-state index is 11.5. The van der Waals surface area contributed by atoms with Crippen LogP contribution in [0.3, 0.4) is 0 Å². The van der Waals surface area contributed by atoms with E-state index in [1.807, 2.05) is 6.08 Å². The van der Waals surface area contributed by atoms with Crippen LogP contribution < -0.4 is 0 Å². The zero-order valence-corrected chi connectivity index (χ0v) is 10.4. The lowest BCUT2D eigenvalue weighted by Crippen LogP contribution is -2.17. The normalized spacial score (nSPS) is 15.8. The van der Waals surface area contributed by atoms with Gasteiger partial charge in [0, 0.05) is 11.8 Å². The van der Waals surface area contributed by atoms with Crippen LogP contribution >= 0.6 is 15.9 Å². The van der Waals surface area contributed by atoms with Gasteiger partial charge in [0.25, 0.3) is 5.70 Å². The van der Waals surface area contributed by atoms with Gasteiger partial charge in [-0.05, 0) is 18.4 Å². The highest BCUT2D eigenvalue weighted by Crippen LogP contribution is 2.29. The lowest BCUT2D eigenvalue weighted by Gasteiger charge is -2.14. The van der Waals surface area contributed by atoms with Crippen LogP contribution in [0, 0.1) is 10.1 Å². The zero-order chi connectivity index (χ0) is 12.1. The molecule has 0 aliphatic heterocycles. The van der Waals surface area contributed by atoms with E-state index in [0.29, 0.717) is 23.7 Å². The van der Waals surface area contributed by atoms with E-state index in [2.05, 4.69) is 20.7 Å². The van der Waals surface area contributed by atoms with Gasteiger partial charge in [-0.3, -0.25) is 10.1 Å². The minimum Gasteiger partial charge on any atom is -0.465 e. The molecule has 0 atom stereocenters. The maximum absolute atomic E-state index is 11.5. The summed E-state index contributed by atoms with van der Waals surface area (Å²) < 4.78 is 4.59. The molecule has 0 amide bonds. The number of ether oxygens (including phenoxy) is 1. The lowest BCUT2D eigenvalue weighted by atomic mass is 9.93. The van der Waals surface area contributed by atoms with Crippen molar-refractivity contribution in [3.8, 4) is 0 Å². The molecule has 0 aromatic heterocycles. The van der Waals surface area contributed by atoms with E-state index in [-0.39, 0.29) is 17.7 Å². The second-order valence-corrected chi connectivity index (χ2v) is 4.07. The summed E-state index contributed by atoms with van der Waals surface area (Å²) in [5.74, 6) is -0.626. The van der Waals surface area contributed by atoms with Gasteiger partial charge in [-0.15, -0.1) is 0 Å². The van der Waals surface area contributed by atoms with Gasteiger partial charge in [-0.1, -0.05) is 22.0 Å². The highest BCUT2D eigenvalue weighted by atomic mass is 79.9. The van der Waals surface area contributed by atoms with E-state index >= 15 is 0 Å². The molecular formula is C10H12BrNO4. The first-order valence-electron chi connectivity index (χ1n) is 4.83. The fourth-order valence-corrected chi connectivity index (χ4v) is 2.09. The van der Waals surface area contributed by atoms with Gasteiger partial charge in [-0.25, -0.2) is 4.79 Å². The summed E-state index contributed by atoms with van der Waals surface area (Å²) in [5, 5.41) is 11.5. The molecule has 0 saturated carbocycles. The molecule has 6 heteroatoms. The fourth-order valence-electron chi connectivity index (χ4n) is 1.66.